The number of hydrogen-bond acceptors (Lipinski definition) is 5. The van der Waals surface area contributed by atoms with E-state index in [0.29, 0.717) is 23.1 Å². The van der Waals surface area contributed by atoms with Crippen molar-refractivity contribution in [2.75, 3.05) is 25.0 Å². The number of benzene rings is 1. The predicted molar refractivity (Wildman–Crippen MR) is 128 cm³/mol. The third-order valence-electron chi connectivity index (χ3n) is 6.94. The van der Waals surface area contributed by atoms with Crippen molar-refractivity contribution in [1.29, 1.82) is 0 Å². The van der Waals surface area contributed by atoms with Gasteiger partial charge >= 0.3 is 0 Å². The van der Waals surface area contributed by atoms with Gasteiger partial charge in [-0.2, -0.15) is 9.61 Å². The second-order valence-corrected chi connectivity index (χ2v) is 9.26. The quantitative estimate of drug-likeness (QED) is 0.606. The molecule has 3 aromatic rings. The number of carbonyl (C=O) groups excluding carboxylic acids is 1. The number of carbonyl (C=O) groups is 1. The van der Waals surface area contributed by atoms with Crippen LogP contribution in [0, 0.1) is 11.8 Å². The fraction of sp³-hybridized carbons (Fsp3) is 0.458. The van der Waals surface area contributed by atoms with Gasteiger partial charge in [0, 0.05) is 43.4 Å². The van der Waals surface area contributed by atoms with Crippen molar-refractivity contribution in [3.05, 3.63) is 36.5 Å². The number of aromatic nitrogens is 3. The molecule has 2 N–H and O–H groups in total. The molecular weight excluding hydrogens is 401 g/mol. The van der Waals surface area contributed by atoms with Crippen LogP contribution in [-0.4, -0.2) is 58.0 Å². The average molecular weight is 431 g/mol. The van der Waals surface area contributed by atoms with Crippen LogP contribution in [0.2, 0.25) is 0 Å². The van der Waals surface area contributed by atoms with Gasteiger partial charge in [0.25, 0.3) is 0 Å². The van der Waals surface area contributed by atoms with Crippen LogP contribution in [0.25, 0.3) is 16.9 Å². The number of likely N-dealkylation sites (tertiary alicyclic amines) is 1. The number of para-hydroxylation sites is 1. The van der Waals surface area contributed by atoms with Crippen LogP contribution in [0.4, 0.5) is 5.82 Å². The molecule has 5 rings (SSSR count). The number of anilines is 1. The van der Waals surface area contributed by atoms with Crippen molar-refractivity contribution in [1.82, 2.24) is 19.5 Å². The molecule has 7 nitrogen and oxygen atoms in total. The van der Waals surface area contributed by atoms with Crippen LogP contribution in [0.3, 0.4) is 0 Å². The minimum Gasteiger partial charge on any atom is -0.507 e. The second-order valence-electron chi connectivity index (χ2n) is 9.26. The molecule has 1 aliphatic heterocycles. The first-order valence-corrected chi connectivity index (χ1v) is 11.8. The molecule has 0 bridgehead atoms. The SMILES string of the molecule is Bc1cnn2c(NCC3CCCN(C(=O)C4CCCC4)C3)cc(-c3ccccc3O)nc12. The molecule has 2 aromatic heterocycles. The Balaban J connectivity index is 1.35. The van der Waals surface area contributed by atoms with E-state index >= 15 is 0 Å². The Kier molecular flexibility index (Phi) is 5.76. The molecule has 166 valence electrons. The van der Waals surface area contributed by atoms with Crippen LogP contribution in [0.1, 0.15) is 38.5 Å². The topological polar surface area (TPSA) is 82.8 Å². The molecule has 0 radical (unpaired) electrons. The molecule has 8 heteroatoms. The molecule has 1 saturated heterocycles. The van der Waals surface area contributed by atoms with Crippen molar-refractivity contribution in [2.24, 2.45) is 11.8 Å². The first-order valence-electron chi connectivity index (χ1n) is 11.8. The van der Waals surface area contributed by atoms with Gasteiger partial charge in [0.15, 0.2) is 5.65 Å². The minimum atomic E-state index is 0.209. The number of nitrogens with zero attached hydrogens (tertiary/aromatic N) is 4. The number of amides is 1. The van der Waals surface area contributed by atoms with E-state index < -0.39 is 0 Å². The summed E-state index contributed by atoms with van der Waals surface area (Å²) in [4.78, 5) is 19.7. The number of hydrogen-bond donors (Lipinski definition) is 2. The van der Waals surface area contributed by atoms with Crippen LogP contribution in [-0.2, 0) is 4.79 Å². The lowest BCUT2D eigenvalue weighted by Crippen LogP contribution is -2.44. The van der Waals surface area contributed by atoms with E-state index in [2.05, 4.69) is 15.3 Å². The van der Waals surface area contributed by atoms with E-state index in [9.17, 15) is 9.90 Å². The fourth-order valence-electron chi connectivity index (χ4n) is 5.14. The Morgan fingerprint density at radius 1 is 1.19 bits per heavy atom. The normalized spacial score (nSPS) is 19.5. The second kappa shape index (κ2) is 8.84. The van der Waals surface area contributed by atoms with Gasteiger partial charge in [-0.1, -0.05) is 25.0 Å². The maximum absolute atomic E-state index is 12.9. The zero-order chi connectivity index (χ0) is 22.1. The predicted octanol–water partition coefficient (Wildman–Crippen LogP) is 2.20. The number of rotatable bonds is 5. The monoisotopic (exact) mass is 431 g/mol. The molecule has 1 unspecified atom stereocenters. The third kappa shape index (κ3) is 4.06. The Bertz CT molecular complexity index is 1120. The lowest BCUT2D eigenvalue weighted by Gasteiger charge is -2.34. The number of phenolic OH excluding ortho intramolecular Hbond substituents is 1. The minimum absolute atomic E-state index is 0.209. The summed E-state index contributed by atoms with van der Waals surface area (Å²) in [5.41, 5.74) is 3.17. The molecule has 1 aliphatic carbocycles. The summed E-state index contributed by atoms with van der Waals surface area (Å²) in [5, 5.41) is 18.4. The number of phenols is 1. The van der Waals surface area contributed by atoms with Gasteiger partial charge in [-0.05, 0) is 49.2 Å². The van der Waals surface area contributed by atoms with Crippen LogP contribution in [0.5, 0.6) is 5.75 Å². The summed E-state index contributed by atoms with van der Waals surface area (Å²) in [6.45, 7) is 2.48. The highest BCUT2D eigenvalue weighted by Gasteiger charge is 2.30. The highest BCUT2D eigenvalue weighted by Crippen LogP contribution is 2.30. The molecular formula is C24H30BN5O2. The van der Waals surface area contributed by atoms with Gasteiger partial charge in [-0.15, -0.1) is 0 Å². The van der Waals surface area contributed by atoms with Gasteiger partial charge in [-0.3, -0.25) is 4.79 Å². The van der Waals surface area contributed by atoms with Crippen molar-refractivity contribution >= 4 is 30.7 Å². The van der Waals surface area contributed by atoms with Crippen LogP contribution in [0.15, 0.2) is 36.5 Å². The Morgan fingerprint density at radius 3 is 2.81 bits per heavy atom. The smallest absolute Gasteiger partial charge is 0.225 e. The van der Waals surface area contributed by atoms with Gasteiger partial charge in [-0.25, -0.2) is 4.98 Å². The summed E-state index contributed by atoms with van der Waals surface area (Å²) < 4.78 is 1.82. The highest BCUT2D eigenvalue weighted by atomic mass is 16.3. The van der Waals surface area contributed by atoms with Gasteiger partial charge in [0.2, 0.25) is 5.91 Å². The summed E-state index contributed by atoms with van der Waals surface area (Å²) in [7, 11) is 1.99. The molecule has 0 spiro atoms. The van der Waals surface area contributed by atoms with E-state index in [0.717, 1.165) is 62.2 Å². The summed E-state index contributed by atoms with van der Waals surface area (Å²) >= 11 is 0. The fourth-order valence-corrected chi connectivity index (χ4v) is 5.14. The molecule has 1 atom stereocenters. The van der Waals surface area contributed by atoms with E-state index in [1.807, 2.05) is 42.8 Å². The largest absolute Gasteiger partial charge is 0.507 e. The van der Waals surface area contributed by atoms with E-state index in [-0.39, 0.29) is 11.7 Å². The Labute approximate surface area is 189 Å². The Morgan fingerprint density at radius 2 is 2.00 bits per heavy atom. The molecule has 2 fully saturated rings. The molecule has 32 heavy (non-hydrogen) atoms. The summed E-state index contributed by atoms with van der Waals surface area (Å²) in [5.74, 6) is 2.07. The van der Waals surface area contributed by atoms with Crippen molar-refractivity contribution in [2.45, 2.75) is 38.5 Å². The van der Waals surface area contributed by atoms with Crippen molar-refractivity contribution in [3.8, 4) is 17.0 Å². The number of fused-ring (bicyclic) bond motifs is 1. The van der Waals surface area contributed by atoms with Crippen molar-refractivity contribution < 1.29 is 9.90 Å². The standard InChI is InChI=1S/C24H30BN5O2/c25-19-14-27-30-22(12-20(28-23(19)30)18-9-3-4-10-21(18)31)26-13-16-6-5-11-29(15-16)24(32)17-7-1-2-8-17/h3-4,9-10,12,14,16-17,26,31H,1-2,5-8,11,13,15,25H2. The zero-order valence-electron chi connectivity index (χ0n) is 18.6. The van der Waals surface area contributed by atoms with Gasteiger partial charge in [0.1, 0.15) is 19.4 Å². The maximum atomic E-state index is 12.9. The zero-order valence-corrected chi connectivity index (χ0v) is 18.6. The molecule has 3 heterocycles. The number of aromatic hydroxyl groups is 1. The maximum Gasteiger partial charge on any atom is 0.225 e. The van der Waals surface area contributed by atoms with Crippen LogP contribution >= 0.6 is 0 Å². The lowest BCUT2D eigenvalue weighted by molar-refractivity contribution is -0.137. The third-order valence-corrected chi connectivity index (χ3v) is 6.94. The molecule has 1 amide bonds. The van der Waals surface area contributed by atoms with Crippen LogP contribution < -0.4 is 10.8 Å². The molecule has 1 aromatic carbocycles. The van der Waals surface area contributed by atoms with E-state index in [4.69, 9.17) is 4.98 Å². The number of nitrogens with one attached hydrogen (secondary N) is 1. The average Bonchev–Trinajstić information content (AvgIpc) is 3.48. The highest BCUT2D eigenvalue weighted by molar-refractivity contribution is 6.36. The van der Waals surface area contributed by atoms with E-state index in [1.54, 1.807) is 6.07 Å². The summed E-state index contributed by atoms with van der Waals surface area (Å²) in [6.07, 6.45) is 8.47. The first kappa shape index (κ1) is 20.9. The lowest BCUT2D eigenvalue weighted by atomic mass is 9.96. The first-order chi connectivity index (χ1) is 15.6. The summed E-state index contributed by atoms with van der Waals surface area (Å²) in [6, 6.07) is 9.20. The van der Waals surface area contributed by atoms with E-state index in [1.165, 1.54) is 12.8 Å². The number of piperidine rings is 1. The molecule has 1 saturated carbocycles. The van der Waals surface area contributed by atoms with Crippen molar-refractivity contribution in [3.63, 3.8) is 0 Å². The Hall–Kier alpha value is -3.03. The van der Waals surface area contributed by atoms with Gasteiger partial charge in [0.05, 0.1) is 5.69 Å². The molecule has 2 aliphatic rings. The van der Waals surface area contributed by atoms with Gasteiger partial charge < -0.3 is 15.3 Å².